The summed E-state index contributed by atoms with van der Waals surface area (Å²) in [5, 5.41) is 26.3. The van der Waals surface area contributed by atoms with E-state index in [-0.39, 0.29) is 0 Å². The molecule has 2 aromatic rings. The average Bonchev–Trinajstić information content (AvgIpc) is 2.69. The van der Waals surface area contributed by atoms with Crippen molar-refractivity contribution in [3.05, 3.63) is 48.5 Å². The fourth-order valence-electron chi connectivity index (χ4n) is 2.71. The van der Waals surface area contributed by atoms with Crippen molar-refractivity contribution in [2.24, 2.45) is 0 Å². The molecular formula is C24H34N2O4. The number of hydrogen-bond donors (Lipinski definition) is 0. The van der Waals surface area contributed by atoms with E-state index in [1.165, 1.54) is 0 Å². The molecule has 0 unspecified atom stereocenters. The van der Waals surface area contributed by atoms with Crippen LogP contribution in [0, 0.1) is 0 Å². The first-order chi connectivity index (χ1) is 14.0. The van der Waals surface area contributed by atoms with E-state index in [1.807, 2.05) is 65.8 Å². The minimum atomic E-state index is -0.469. The molecule has 2 rings (SSSR count). The van der Waals surface area contributed by atoms with Crippen molar-refractivity contribution in [1.82, 2.24) is 0 Å². The number of anilines is 2. The first kappa shape index (κ1) is 23.8. The molecule has 30 heavy (non-hydrogen) atoms. The SMILES string of the molecule is CC(C)(C)N([O])c1ccc(OCCCCOc2ccc(N([O])C(C)(C)C)cc2)cc1. The molecule has 0 aliphatic carbocycles. The van der Waals surface area contributed by atoms with Gasteiger partial charge in [-0.2, -0.15) is 0 Å². The summed E-state index contributed by atoms with van der Waals surface area (Å²) < 4.78 is 11.5. The van der Waals surface area contributed by atoms with Crippen LogP contribution in [0.5, 0.6) is 11.5 Å². The van der Waals surface area contributed by atoms with E-state index in [1.54, 1.807) is 24.3 Å². The van der Waals surface area contributed by atoms with Crippen LogP contribution >= 0.6 is 0 Å². The van der Waals surface area contributed by atoms with Gasteiger partial charge in [-0.15, -0.1) is 0 Å². The molecular weight excluding hydrogens is 380 g/mol. The lowest BCUT2D eigenvalue weighted by Gasteiger charge is -2.28. The van der Waals surface area contributed by atoms with Gasteiger partial charge in [0.15, 0.2) is 0 Å². The van der Waals surface area contributed by atoms with Gasteiger partial charge in [-0.1, -0.05) is 10.4 Å². The smallest absolute Gasteiger partial charge is 0.119 e. The Balaban J connectivity index is 1.67. The van der Waals surface area contributed by atoms with Crippen LogP contribution in [-0.4, -0.2) is 24.3 Å². The van der Waals surface area contributed by atoms with Crippen LogP contribution in [-0.2, 0) is 10.4 Å². The second kappa shape index (κ2) is 10.0. The lowest BCUT2D eigenvalue weighted by molar-refractivity contribution is 0.102. The normalized spacial score (nSPS) is 11.9. The fourth-order valence-corrected chi connectivity index (χ4v) is 2.71. The van der Waals surface area contributed by atoms with Gasteiger partial charge >= 0.3 is 0 Å². The van der Waals surface area contributed by atoms with Gasteiger partial charge in [0.05, 0.1) is 35.7 Å². The summed E-state index contributed by atoms with van der Waals surface area (Å²) in [6.07, 6.45) is 1.71. The molecule has 0 aromatic heterocycles. The van der Waals surface area contributed by atoms with Crippen molar-refractivity contribution < 1.29 is 19.9 Å². The molecule has 0 aliphatic heterocycles. The van der Waals surface area contributed by atoms with E-state index in [4.69, 9.17) is 9.47 Å². The summed E-state index contributed by atoms with van der Waals surface area (Å²) >= 11 is 0. The summed E-state index contributed by atoms with van der Waals surface area (Å²) in [5.74, 6) is 1.50. The van der Waals surface area contributed by atoms with Crippen LogP contribution in [0.2, 0.25) is 0 Å². The van der Waals surface area contributed by atoms with E-state index in [2.05, 4.69) is 0 Å². The highest BCUT2D eigenvalue weighted by molar-refractivity contribution is 5.49. The number of benzene rings is 2. The monoisotopic (exact) mass is 414 g/mol. The van der Waals surface area contributed by atoms with E-state index >= 15 is 0 Å². The molecule has 0 amide bonds. The van der Waals surface area contributed by atoms with E-state index < -0.39 is 11.1 Å². The molecule has 0 fully saturated rings. The van der Waals surface area contributed by atoms with Crippen LogP contribution in [0.4, 0.5) is 11.4 Å². The van der Waals surface area contributed by atoms with Crippen LogP contribution in [0.1, 0.15) is 54.4 Å². The number of nitrogens with zero attached hydrogens (tertiary/aromatic N) is 2. The zero-order valence-corrected chi connectivity index (χ0v) is 19.0. The second-order valence-corrected chi connectivity index (χ2v) is 9.32. The summed E-state index contributed by atoms with van der Waals surface area (Å²) in [7, 11) is 0. The Bertz CT molecular complexity index is 694. The maximum absolute atomic E-state index is 12.2. The quantitative estimate of drug-likeness (QED) is 0.383. The number of hydroxylamine groups is 2. The molecule has 0 saturated carbocycles. The largest absolute Gasteiger partial charge is 0.494 e. The van der Waals surface area contributed by atoms with Crippen LogP contribution in [0.25, 0.3) is 0 Å². The van der Waals surface area contributed by atoms with Crippen LogP contribution in [0.15, 0.2) is 48.5 Å². The summed E-state index contributed by atoms with van der Waals surface area (Å²) in [5.41, 5.74) is 0.307. The maximum atomic E-state index is 12.2. The zero-order valence-electron chi connectivity index (χ0n) is 19.0. The molecule has 2 radical (unpaired) electrons. The van der Waals surface area contributed by atoms with E-state index in [0.717, 1.165) is 34.5 Å². The van der Waals surface area contributed by atoms with Crippen LogP contribution in [0.3, 0.4) is 0 Å². The third kappa shape index (κ3) is 7.11. The molecule has 2 aromatic carbocycles. The summed E-state index contributed by atoms with van der Waals surface area (Å²) in [6, 6.07) is 14.4. The fraction of sp³-hybridized carbons (Fsp3) is 0.500. The highest BCUT2D eigenvalue weighted by Crippen LogP contribution is 2.25. The lowest BCUT2D eigenvalue weighted by atomic mass is 10.1. The van der Waals surface area contributed by atoms with Gasteiger partial charge in [-0.05, 0) is 103 Å². The van der Waals surface area contributed by atoms with Crippen molar-refractivity contribution in [1.29, 1.82) is 0 Å². The molecule has 0 heterocycles. The van der Waals surface area contributed by atoms with Crippen molar-refractivity contribution in [3.63, 3.8) is 0 Å². The molecule has 0 N–H and O–H groups in total. The Kier molecular flexibility index (Phi) is 7.98. The minimum absolute atomic E-state index is 0.469. The number of hydrogen-bond acceptors (Lipinski definition) is 4. The lowest BCUT2D eigenvalue weighted by Crippen LogP contribution is -2.37. The Morgan fingerprint density at radius 3 is 1.17 bits per heavy atom. The zero-order chi connectivity index (χ0) is 22.4. The minimum Gasteiger partial charge on any atom is -0.494 e. The molecule has 6 nitrogen and oxygen atoms in total. The first-order valence-electron chi connectivity index (χ1n) is 10.4. The van der Waals surface area contributed by atoms with Gasteiger partial charge in [0, 0.05) is 0 Å². The van der Waals surface area contributed by atoms with E-state index in [0.29, 0.717) is 24.6 Å². The number of unbranched alkanes of at least 4 members (excludes halogenated alkanes) is 1. The maximum Gasteiger partial charge on any atom is 0.119 e. The highest BCUT2D eigenvalue weighted by atomic mass is 16.5. The molecule has 0 bridgehead atoms. The molecule has 164 valence electrons. The van der Waals surface area contributed by atoms with Crippen molar-refractivity contribution in [2.75, 3.05) is 23.3 Å². The Labute approximate surface area is 180 Å². The van der Waals surface area contributed by atoms with Crippen molar-refractivity contribution in [3.8, 4) is 11.5 Å². The van der Waals surface area contributed by atoms with Crippen LogP contribution < -0.4 is 19.6 Å². The number of ether oxygens (including phenoxy) is 2. The summed E-state index contributed by atoms with van der Waals surface area (Å²) in [4.78, 5) is 0. The third-order valence-electron chi connectivity index (χ3n) is 4.44. The van der Waals surface area contributed by atoms with Gasteiger partial charge in [0.1, 0.15) is 11.5 Å². The second-order valence-electron chi connectivity index (χ2n) is 9.32. The first-order valence-corrected chi connectivity index (χ1v) is 10.4. The van der Waals surface area contributed by atoms with Gasteiger partial charge < -0.3 is 9.47 Å². The number of rotatable bonds is 9. The predicted molar refractivity (Wildman–Crippen MR) is 119 cm³/mol. The van der Waals surface area contributed by atoms with Gasteiger partial charge in [-0.3, -0.25) is 0 Å². The predicted octanol–water partition coefficient (Wildman–Crippen LogP) is 5.83. The standard InChI is InChI=1S/C24H34N2O4/c1-23(2,3)25(27)19-9-13-21(14-10-19)29-17-7-8-18-30-22-15-11-20(12-16-22)26(28)24(4,5)6/h9-16H,7-8,17-18H2,1-6H3. The molecule has 0 aliphatic rings. The third-order valence-corrected chi connectivity index (χ3v) is 4.44. The molecule has 0 spiro atoms. The van der Waals surface area contributed by atoms with Gasteiger partial charge in [-0.25, -0.2) is 10.1 Å². The van der Waals surface area contributed by atoms with Gasteiger partial charge in [0.25, 0.3) is 0 Å². The Morgan fingerprint density at radius 1 is 0.600 bits per heavy atom. The highest BCUT2D eigenvalue weighted by Gasteiger charge is 2.22. The summed E-state index contributed by atoms with van der Waals surface area (Å²) in [6.45, 7) is 12.4. The topological polar surface area (TPSA) is 64.7 Å². The average molecular weight is 415 g/mol. The van der Waals surface area contributed by atoms with Crippen molar-refractivity contribution in [2.45, 2.75) is 65.5 Å². The Hall–Kier alpha value is -2.44. The van der Waals surface area contributed by atoms with E-state index in [9.17, 15) is 10.4 Å². The van der Waals surface area contributed by atoms with Gasteiger partial charge in [0.2, 0.25) is 0 Å². The molecule has 0 atom stereocenters. The van der Waals surface area contributed by atoms with Crippen molar-refractivity contribution >= 4 is 11.4 Å². The molecule has 0 saturated heterocycles. The Morgan fingerprint density at radius 2 is 0.900 bits per heavy atom. The molecule has 6 heteroatoms.